The van der Waals surface area contributed by atoms with Crippen molar-refractivity contribution in [2.24, 2.45) is 0 Å². The molecule has 0 unspecified atom stereocenters. The largest absolute Gasteiger partial charge is 0.436 e. The lowest BCUT2D eigenvalue weighted by atomic mass is 9.98. The SMILES string of the molecule is Cc1nc(C)c(C(=O)Nc2nc(-c3ccc4c(c3)CCC(=O)N4CCn3cncn3)cs2)o1. The number of hydrogen-bond acceptors (Lipinski definition) is 8. The number of aromatic nitrogens is 5. The third-order valence-electron chi connectivity index (χ3n) is 5.43. The highest BCUT2D eigenvalue weighted by Gasteiger charge is 2.25. The fourth-order valence-corrected chi connectivity index (χ4v) is 4.59. The summed E-state index contributed by atoms with van der Waals surface area (Å²) in [6, 6.07) is 5.97. The molecule has 0 bridgehead atoms. The first kappa shape index (κ1) is 21.0. The Morgan fingerprint density at radius 1 is 1.21 bits per heavy atom. The monoisotopic (exact) mass is 463 g/mol. The van der Waals surface area contributed by atoms with Crippen LogP contribution in [0.4, 0.5) is 10.8 Å². The number of fused-ring (bicyclic) bond motifs is 1. The normalized spacial score (nSPS) is 13.3. The van der Waals surface area contributed by atoms with Crippen molar-refractivity contribution in [2.75, 3.05) is 16.8 Å². The standard InChI is InChI=1S/C22H21N7O3S/c1-13-20(32-14(2)25-13)21(31)27-22-26-17(10-33-22)15-3-5-18-16(9-15)4-6-19(30)29(18)8-7-28-12-23-11-24-28/h3,5,9-12H,4,6-8H2,1-2H3,(H,26,27,31). The van der Waals surface area contributed by atoms with E-state index < -0.39 is 0 Å². The van der Waals surface area contributed by atoms with Gasteiger partial charge in [-0.3, -0.25) is 19.6 Å². The maximum absolute atomic E-state index is 12.5. The van der Waals surface area contributed by atoms with Crippen LogP contribution in [-0.4, -0.2) is 43.1 Å². The number of aryl methyl sites for hydroxylation is 3. The number of rotatable bonds is 6. The summed E-state index contributed by atoms with van der Waals surface area (Å²) in [5.41, 5.74) is 4.24. The number of oxazole rings is 1. The number of carbonyl (C=O) groups excluding carboxylic acids is 2. The summed E-state index contributed by atoms with van der Waals surface area (Å²) in [6.07, 6.45) is 4.26. The molecule has 1 N–H and O–H groups in total. The van der Waals surface area contributed by atoms with Gasteiger partial charge in [0, 0.05) is 36.5 Å². The predicted octanol–water partition coefficient (Wildman–Crippen LogP) is 3.24. The molecule has 168 valence electrons. The summed E-state index contributed by atoms with van der Waals surface area (Å²) in [7, 11) is 0. The number of amides is 2. The Labute approximate surface area is 193 Å². The number of anilines is 2. The number of hydrogen-bond donors (Lipinski definition) is 1. The fourth-order valence-electron chi connectivity index (χ4n) is 3.87. The quantitative estimate of drug-likeness (QED) is 0.466. The maximum Gasteiger partial charge on any atom is 0.295 e. The zero-order valence-electron chi connectivity index (χ0n) is 18.1. The first-order chi connectivity index (χ1) is 16.0. The zero-order valence-corrected chi connectivity index (χ0v) is 18.9. The molecular formula is C22H21N7O3S. The minimum Gasteiger partial charge on any atom is -0.436 e. The minimum absolute atomic E-state index is 0.104. The summed E-state index contributed by atoms with van der Waals surface area (Å²) in [5, 5.41) is 9.25. The molecule has 1 aromatic carbocycles. The van der Waals surface area contributed by atoms with Crippen LogP contribution in [0.2, 0.25) is 0 Å². The van der Waals surface area contributed by atoms with E-state index in [1.54, 1.807) is 29.8 Å². The van der Waals surface area contributed by atoms with Gasteiger partial charge in [0.1, 0.15) is 12.7 Å². The van der Waals surface area contributed by atoms with Gasteiger partial charge in [-0.2, -0.15) is 5.10 Å². The molecule has 0 fully saturated rings. The molecule has 11 heteroatoms. The highest BCUT2D eigenvalue weighted by molar-refractivity contribution is 7.14. The smallest absolute Gasteiger partial charge is 0.295 e. The van der Waals surface area contributed by atoms with Gasteiger partial charge in [0.25, 0.3) is 5.91 Å². The van der Waals surface area contributed by atoms with E-state index in [1.807, 2.05) is 17.5 Å². The summed E-state index contributed by atoms with van der Waals surface area (Å²) in [4.78, 5) is 39.4. The minimum atomic E-state index is -0.374. The third kappa shape index (κ3) is 4.27. The summed E-state index contributed by atoms with van der Waals surface area (Å²) in [6.45, 7) is 4.53. The van der Waals surface area contributed by atoms with Crippen LogP contribution in [0.5, 0.6) is 0 Å². The van der Waals surface area contributed by atoms with Gasteiger partial charge in [-0.05, 0) is 31.0 Å². The molecule has 0 saturated carbocycles. The van der Waals surface area contributed by atoms with E-state index in [0.717, 1.165) is 22.5 Å². The van der Waals surface area contributed by atoms with E-state index in [2.05, 4.69) is 31.4 Å². The molecule has 1 aliphatic rings. The van der Waals surface area contributed by atoms with E-state index in [1.165, 1.54) is 17.7 Å². The van der Waals surface area contributed by atoms with E-state index in [9.17, 15) is 9.59 Å². The predicted molar refractivity (Wildman–Crippen MR) is 122 cm³/mol. The lowest BCUT2D eigenvalue weighted by molar-refractivity contribution is -0.118. The van der Waals surface area contributed by atoms with Crippen LogP contribution in [0, 0.1) is 13.8 Å². The van der Waals surface area contributed by atoms with Crippen molar-refractivity contribution in [2.45, 2.75) is 33.2 Å². The molecule has 0 saturated heterocycles. The summed E-state index contributed by atoms with van der Waals surface area (Å²) < 4.78 is 7.09. The molecule has 3 aromatic heterocycles. The topological polar surface area (TPSA) is 119 Å². The fraction of sp³-hybridized carbons (Fsp3) is 0.273. The van der Waals surface area contributed by atoms with Gasteiger partial charge in [0.15, 0.2) is 11.0 Å². The Kier molecular flexibility index (Phi) is 5.47. The molecule has 0 spiro atoms. The van der Waals surface area contributed by atoms with Gasteiger partial charge < -0.3 is 9.32 Å². The van der Waals surface area contributed by atoms with Crippen LogP contribution in [-0.2, 0) is 17.8 Å². The molecule has 0 aliphatic carbocycles. The van der Waals surface area contributed by atoms with Crippen molar-refractivity contribution in [3.8, 4) is 11.3 Å². The van der Waals surface area contributed by atoms with Gasteiger partial charge in [0.2, 0.25) is 11.7 Å². The highest BCUT2D eigenvalue weighted by atomic mass is 32.1. The average molecular weight is 464 g/mol. The number of thiazole rings is 1. The van der Waals surface area contributed by atoms with Crippen molar-refractivity contribution in [1.29, 1.82) is 0 Å². The molecule has 1 aliphatic heterocycles. The maximum atomic E-state index is 12.5. The molecule has 4 heterocycles. The van der Waals surface area contributed by atoms with Crippen molar-refractivity contribution >= 4 is 34.0 Å². The molecule has 4 aromatic rings. The first-order valence-corrected chi connectivity index (χ1v) is 11.3. The average Bonchev–Trinajstić information content (AvgIpc) is 3.54. The summed E-state index contributed by atoms with van der Waals surface area (Å²) in [5.74, 6) is 0.363. The van der Waals surface area contributed by atoms with E-state index in [-0.39, 0.29) is 17.6 Å². The van der Waals surface area contributed by atoms with E-state index >= 15 is 0 Å². The molecule has 10 nitrogen and oxygen atoms in total. The molecule has 2 amide bonds. The van der Waals surface area contributed by atoms with Crippen molar-refractivity contribution in [3.05, 3.63) is 59.1 Å². The van der Waals surface area contributed by atoms with Gasteiger partial charge in [-0.15, -0.1) is 11.3 Å². The van der Waals surface area contributed by atoms with Crippen LogP contribution < -0.4 is 10.2 Å². The lowest BCUT2D eigenvalue weighted by Crippen LogP contribution is -2.37. The zero-order chi connectivity index (χ0) is 22.9. The Bertz CT molecular complexity index is 1330. The molecule has 5 rings (SSSR count). The molecule has 33 heavy (non-hydrogen) atoms. The Balaban J connectivity index is 1.33. The highest BCUT2D eigenvalue weighted by Crippen LogP contribution is 2.33. The first-order valence-electron chi connectivity index (χ1n) is 10.4. The van der Waals surface area contributed by atoms with Gasteiger partial charge in [0.05, 0.1) is 17.9 Å². The van der Waals surface area contributed by atoms with Crippen molar-refractivity contribution in [1.82, 2.24) is 24.7 Å². The van der Waals surface area contributed by atoms with Crippen LogP contribution in [0.15, 0.2) is 40.7 Å². The second-order valence-electron chi connectivity index (χ2n) is 7.69. The van der Waals surface area contributed by atoms with Crippen molar-refractivity contribution in [3.63, 3.8) is 0 Å². The lowest BCUT2D eigenvalue weighted by Gasteiger charge is -2.29. The number of nitrogens with zero attached hydrogens (tertiary/aromatic N) is 6. The van der Waals surface area contributed by atoms with E-state index in [0.29, 0.717) is 42.6 Å². The van der Waals surface area contributed by atoms with Crippen LogP contribution >= 0.6 is 11.3 Å². The number of carbonyl (C=O) groups is 2. The number of benzene rings is 1. The molecule has 0 radical (unpaired) electrons. The van der Waals surface area contributed by atoms with Gasteiger partial charge in [-0.25, -0.2) is 15.0 Å². The van der Waals surface area contributed by atoms with Crippen LogP contribution in [0.1, 0.15) is 34.1 Å². The second kappa shape index (κ2) is 8.58. The molecular weight excluding hydrogens is 442 g/mol. The summed E-state index contributed by atoms with van der Waals surface area (Å²) >= 11 is 1.34. The molecule has 0 atom stereocenters. The van der Waals surface area contributed by atoms with Gasteiger partial charge in [-0.1, -0.05) is 6.07 Å². The second-order valence-corrected chi connectivity index (χ2v) is 8.54. The Hall–Kier alpha value is -3.86. The van der Waals surface area contributed by atoms with Crippen LogP contribution in [0.25, 0.3) is 11.3 Å². The van der Waals surface area contributed by atoms with E-state index in [4.69, 9.17) is 4.42 Å². The van der Waals surface area contributed by atoms with Crippen molar-refractivity contribution < 1.29 is 14.0 Å². The Morgan fingerprint density at radius 2 is 2.09 bits per heavy atom. The van der Waals surface area contributed by atoms with Gasteiger partial charge >= 0.3 is 0 Å². The van der Waals surface area contributed by atoms with Crippen LogP contribution in [0.3, 0.4) is 0 Å². The third-order valence-corrected chi connectivity index (χ3v) is 6.19. The number of nitrogens with one attached hydrogen (secondary N) is 1. The Morgan fingerprint density at radius 3 is 2.85 bits per heavy atom.